The summed E-state index contributed by atoms with van der Waals surface area (Å²) in [7, 11) is 0. The summed E-state index contributed by atoms with van der Waals surface area (Å²) < 4.78 is 4.93. The third-order valence-corrected chi connectivity index (χ3v) is 1.38. The predicted octanol–water partition coefficient (Wildman–Crippen LogP) is -0.595. The zero-order valence-corrected chi connectivity index (χ0v) is 5.13. The Balaban J connectivity index is 2.49. The number of carboxylic acids is 1. The van der Waals surface area contributed by atoms with Gasteiger partial charge >= 0.3 is 5.97 Å². The van der Waals surface area contributed by atoms with E-state index in [0.29, 0.717) is 6.73 Å². The van der Waals surface area contributed by atoms with Crippen LogP contribution in [0.1, 0.15) is 6.92 Å². The Bertz CT molecular complexity index is 125. The number of ether oxygens (including phenoxy) is 1. The molecule has 4 nitrogen and oxygen atoms in total. The summed E-state index contributed by atoms with van der Waals surface area (Å²) >= 11 is 0. The predicted molar refractivity (Wildman–Crippen MR) is 30.0 cm³/mol. The maximum atomic E-state index is 10.3. The molecule has 1 heterocycles. The van der Waals surface area contributed by atoms with E-state index in [9.17, 15) is 4.79 Å². The molecule has 1 saturated heterocycles. The fourth-order valence-electron chi connectivity index (χ4n) is 0.820. The van der Waals surface area contributed by atoms with Crippen molar-refractivity contribution >= 4 is 5.97 Å². The molecule has 0 aliphatic carbocycles. The van der Waals surface area contributed by atoms with Crippen molar-refractivity contribution in [3.63, 3.8) is 0 Å². The molecule has 0 spiro atoms. The molecule has 2 N–H and O–H groups in total. The van der Waals surface area contributed by atoms with Crippen LogP contribution in [0.3, 0.4) is 0 Å². The number of carboxylic acid groups (broad SMARTS) is 1. The lowest BCUT2D eigenvalue weighted by atomic mass is 10.2. The van der Waals surface area contributed by atoms with Gasteiger partial charge in [0.15, 0.2) is 0 Å². The van der Waals surface area contributed by atoms with E-state index in [4.69, 9.17) is 9.84 Å². The quantitative estimate of drug-likeness (QED) is 0.499. The lowest BCUT2D eigenvalue weighted by molar-refractivity contribution is -0.140. The Morgan fingerprint density at radius 2 is 2.56 bits per heavy atom. The number of hydrogen-bond acceptors (Lipinski definition) is 3. The van der Waals surface area contributed by atoms with Crippen molar-refractivity contribution in [3.8, 4) is 0 Å². The third kappa shape index (κ3) is 1.20. The van der Waals surface area contributed by atoms with Crippen LogP contribution in [0.15, 0.2) is 0 Å². The molecular weight excluding hydrogens is 122 g/mol. The van der Waals surface area contributed by atoms with Crippen molar-refractivity contribution in [2.75, 3.05) is 6.73 Å². The minimum atomic E-state index is -0.847. The van der Waals surface area contributed by atoms with Crippen molar-refractivity contribution in [1.29, 1.82) is 0 Å². The number of aliphatic carboxylic acids is 1. The van der Waals surface area contributed by atoms with Gasteiger partial charge in [0, 0.05) is 0 Å². The van der Waals surface area contributed by atoms with Crippen LogP contribution >= 0.6 is 0 Å². The smallest absolute Gasteiger partial charge is 0.323 e. The molecule has 4 heteroatoms. The van der Waals surface area contributed by atoms with Crippen molar-refractivity contribution < 1.29 is 14.6 Å². The van der Waals surface area contributed by atoms with Crippen LogP contribution in [-0.4, -0.2) is 30.0 Å². The molecule has 0 unspecified atom stereocenters. The molecule has 9 heavy (non-hydrogen) atoms. The number of rotatable bonds is 1. The molecule has 1 aliphatic rings. The molecule has 0 aromatic heterocycles. The first-order valence-corrected chi connectivity index (χ1v) is 2.79. The maximum Gasteiger partial charge on any atom is 0.323 e. The van der Waals surface area contributed by atoms with E-state index in [-0.39, 0.29) is 6.10 Å². The van der Waals surface area contributed by atoms with Gasteiger partial charge in [-0.1, -0.05) is 0 Å². The van der Waals surface area contributed by atoms with Gasteiger partial charge in [0.1, 0.15) is 6.04 Å². The molecule has 0 amide bonds. The maximum absolute atomic E-state index is 10.3. The van der Waals surface area contributed by atoms with E-state index >= 15 is 0 Å². The minimum Gasteiger partial charge on any atom is -0.480 e. The summed E-state index contributed by atoms with van der Waals surface area (Å²) in [5.74, 6) is -0.847. The zero-order chi connectivity index (χ0) is 6.85. The van der Waals surface area contributed by atoms with Crippen LogP contribution in [0.25, 0.3) is 0 Å². The fraction of sp³-hybridized carbons (Fsp3) is 0.800. The molecule has 1 rings (SSSR count). The van der Waals surface area contributed by atoms with E-state index in [2.05, 4.69) is 5.32 Å². The fourth-order valence-corrected chi connectivity index (χ4v) is 0.820. The number of nitrogens with one attached hydrogen (secondary N) is 1. The first-order chi connectivity index (χ1) is 4.22. The molecule has 1 fully saturated rings. The summed E-state index contributed by atoms with van der Waals surface area (Å²) in [5.41, 5.74) is 0. The van der Waals surface area contributed by atoms with Gasteiger partial charge in [0.05, 0.1) is 12.8 Å². The van der Waals surface area contributed by atoms with Crippen LogP contribution in [0, 0.1) is 0 Å². The number of hydrogen-bond donors (Lipinski definition) is 2. The SMILES string of the molecule is C[C@@H]1OCN[C@H]1C(=O)O. The molecule has 1 aliphatic heterocycles. The van der Waals surface area contributed by atoms with Gasteiger partial charge in [-0.3, -0.25) is 10.1 Å². The van der Waals surface area contributed by atoms with Gasteiger partial charge in [0.2, 0.25) is 0 Å². The molecule has 0 radical (unpaired) electrons. The van der Waals surface area contributed by atoms with E-state index in [1.54, 1.807) is 6.92 Å². The molecule has 0 aromatic rings. The van der Waals surface area contributed by atoms with Crippen LogP contribution < -0.4 is 5.32 Å². The van der Waals surface area contributed by atoms with E-state index in [1.807, 2.05) is 0 Å². The minimum absolute atomic E-state index is 0.206. The van der Waals surface area contributed by atoms with E-state index < -0.39 is 12.0 Å². The molecule has 0 aromatic carbocycles. The Labute approximate surface area is 52.8 Å². The Kier molecular flexibility index (Phi) is 1.68. The topological polar surface area (TPSA) is 58.6 Å². The van der Waals surface area contributed by atoms with Crippen LogP contribution in [0.2, 0.25) is 0 Å². The van der Waals surface area contributed by atoms with Gasteiger partial charge in [-0.25, -0.2) is 0 Å². The van der Waals surface area contributed by atoms with Gasteiger partial charge < -0.3 is 9.84 Å². The molecule has 0 saturated carbocycles. The summed E-state index contributed by atoms with van der Waals surface area (Å²) in [6.45, 7) is 2.08. The second-order valence-electron chi connectivity index (χ2n) is 2.04. The highest BCUT2D eigenvalue weighted by molar-refractivity contribution is 5.74. The molecular formula is C5H9NO3. The van der Waals surface area contributed by atoms with Crippen molar-refractivity contribution in [2.45, 2.75) is 19.1 Å². The highest BCUT2D eigenvalue weighted by Crippen LogP contribution is 2.04. The molecule has 0 bridgehead atoms. The summed E-state index contributed by atoms with van der Waals surface area (Å²) in [6.07, 6.45) is -0.206. The largest absolute Gasteiger partial charge is 0.480 e. The summed E-state index contributed by atoms with van der Waals surface area (Å²) in [4.78, 5) is 10.3. The second-order valence-corrected chi connectivity index (χ2v) is 2.04. The van der Waals surface area contributed by atoms with E-state index in [0.717, 1.165) is 0 Å². The highest BCUT2D eigenvalue weighted by atomic mass is 16.5. The van der Waals surface area contributed by atoms with Gasteiger partial charge in [0.25, 0.3) is 0 Å². The van der Waals surface area contributed by atoms with Crippen molar-refractivity contribution in [3.05, 3.63) is 0 Å². The van der Waals surface area contributed by atoms with Crippen LogP contribution in [0.5, 0.6) is 0 Å². The summed E-state index contributed by atoms with van der Waals surface area (Å²) in [5, 5.41) is 11.1. The monoisotopic (exact) mass is 131 g/mol. The van der Waals surface area contributed by atoms with Gasteiger partial charge in [-0.2, -0.15) is 0 Å². The van der Waals surface area contributed by atoms with Crippen molar-refractivity contribution in [1.82, 2.24) is 5.32 Å². The van der Waals surface area contributed by atoms with Crippen LogP contribution in [0.4, 0.5) is 0 Å². The summed E-state index contributed by atoms with van der Waals surface area (Å²) in [6, 6.07) is -0.523. The lowest BCUT2D eigenvalue weighted by Crippen LogP contribution is -2.36. The van der Waals surface area contributed by atoms with Crippen molar-refractivity contribution in [2.24, 2.45) is 0 Å². The standard InChI is InChI=1S/C5H9NO3/c1-3-4(5(7)8)6-2-9-3/h3-4,6H,2H2,1H3,(H,7,8)/t3-,4+/m0/s1. The van der Waals surface area contributed by atoms with E-state index in [1.165, 1.54) is 0 Å². The average molecular weight is 131 g/mol. The normalized spacial score (nSPS) is 34.8. The molecule has 52 valence electrons. The van der Waals surface area contributed by atoms with Gasteiger partial charge in [-0.05, 0) is 6.92 Å². The third-order valence-electron chi connectivity index (χ3n) is 1.38. The molecule has 2 atom stereocenters. The van der Waals surface area contributed by atoms with Crippen LogP contribution in [-0.2, 0) is 9.53 Å². The zero-order valence-electron chi connectivity index (χ0n) is 5.13. The second kappa shape index (κ2) is 2.33. The number of carbonyl (C=O) groups is 1. The Morgan fingerprint density at radius 1 is 1.89 bits per heavy atom. The highest BCUT2D eigenvalue weighted by Gasteiger charge is 2.29. The first-order valence-electron chi connectivity index (χ1n) is 2.79. The average Bonchev–Trinajstić information content (AvgIpc) is 2.13. The van der Waals surface area contributed by atoms with Gasteiger partial charge in [-0.15, -0.1) is 0 Å². The Hall–Kier alpha value is -0.610. The lowest BCUT2D eigenvalue weighted by Gasteiger charge is -2.06. The Morgan fingerprint density at radius 3 is 2.78 bits per heavy atom. The first kappa shape index (κ1) is 6.51.